The van der Waals surface area contributed by atoms with Crippen molar-refractivity contribution in [2.24, 2.45) is 11.1 Å². The van der Waals surface area contributed by atoms with E-state index in [1.807, 2.05) is 0 Å². The lowest BCUT2D eigenvalue weighted by Crippen LogP contribution is -2.52. The monoisotopic (exact) mass is 255 g/mol. The van der Waals surface area contributed by atoms with Gasteiger partial charge in [-0.1, -0.05) is 0 Å². The molecular weight excluding hydrogens is 226 g/mol. The quantitative estimate of drug-likeness (QED) is 0.805. The van der Waals surface area contributed by atoms with Gasteiger partial charge in [0.2, 0.25) is 0 Å². The standard InChI is InChI=1S/C14H29N3O/c1-16-7-3-5-13(9-16)17(2)11-14(10-15)6-4-8-18-12-14/h13H,3-12,15H2,1-2H3. The third-order valence-corrected chi connectivity index (χ3v) is 4.64. The minimum atomic E-state index is 0.197. The van der Waals surface area contributed by atoms with Crippen LogP contribution in [0.15, 0.2) is 0 Å². The lowest BCUT2D eigenvalue weighted by atomic mass is 9.81. The molecule has 0 bridgehead atoms. The lowest BCUT2D eigenvalue weighted by molar-refractivity contribution is -0.0283. The zero-order valence-electron chi connectivity index (χ0n) is 12.0. The molecule has 4 nitrogen and oxygen atoms in total. The van der Waals surface area contributed by atoms with Crippen LogP contribution in [0.25, 0.3) is 0 Å². The molecule has 0 aromatic rings. The number of rotatable bonds is 4. The van der Waals surface area contributed by atoms with E-state index in [-0.39, 0.29) is 5.41 Å². The van der Waals surface area contributed by atoms with E-state index in [9.17, 15) is 0 Å². The smallest absolute Gasteiger partial charge is 0.0546 e. The molecule has 106 valence electrons. The molecule has 0 aromatic heterocycles. The van der Waals surface area contributed by atoms with Crippen LogP contribution in [0.5, 0.6) is 0 Å². The maximum atomic E-state index is 6.03. The predicted octanol–water partition coefficient (Wildman–Crippen LogP) is 0.768. The Hall–Kier alpha value is -0.160. The Balaban J connectivity index is 1.89. The van der Waals surface area contributed by atoms with E-state index in [0.29, 0.717) is 6.04 Å². The highest BCUT2D eigenvalue weighted by Gasteiger charge is 2.34. The highest BCUT2D eigenvalue weighted by Crippen LogP contribution is 2.29. The van der Waals surface area contributed by atoms with Gasteiger partial charge in [-0.2, -0.15) is 0 Å². The van der Waals surface area contributed by atoms with Gasteiger partial charge in [-0.3, -0.25) is 0 Å². The normalized spacial score (nSPS) is 35.0. The van der Waals surface area contributed by atoms with E-state index in [1.54, 1.807) is 0 Å². The SMILES string of the molecule is CN1CCCC(N(C)CC2(CN)CCCOC2)C1. The maximum Gasteiger partial charge on any atom is 0.0546 e. The van der Waals surface area contributed by atoms with Crippen LogP contribution in [-0.2, 0) is 4.74 Å². The highest BCUT2D eigenvalue weighted by atomic mass is 16.5. The molecule has 4 heteroatoms. The van der Waals surface area contributed by atoms with Gasteiger partial charge >= 0.3 is 0 Å². The van der Waals surface area contributed by atoms with Gasteiger partial charge in [-0.05, 0) is 46.3 Å². The fourth-order valence-corrected chi connectivity index (χ4v) is 3.42. The van der Waals surface area contributed by atoms with Gasteiger partial charge in [0.15, 0.2) is 0 Å². The van der Waals surface area contributed by atoms with E-state index < -0.39 is 0 Å². The summed E-state index contributed by atoms with van der Waals surface area (Å²) in [6.45, 7) is 6.03. The van der Waals surface area contributed by atoms with Gasteiger partial charge in [0.25, 0.3) is 0 Å². The molecule has 2 aliphatic rings. The van der Waals surface area contributed by atoms with E-state index in [1.165, 1.54) is 32.4 Å². The van der Waals surface area contributed by atoms with Crippen LogP contribution >= 0.6 is 0 Å². The number of nitrogens with two attached hydrogens (primary N) is 1. The molecule has 0 aromatic carbocycles. The van der Waals surface area contributed by atoms with E-state index in [0.717, 1.165) is 32.7 Å². The second kappa shape index (κ2) is 6.33. The molecule has 0 amide bonds. The topological polar surface area (TPSA) is 41.7 Å². The second-order valence-electron chi connectivity index (χ2n) is 6.33. The fraction of sp³-hybridized carbons (Fsp3) is 1.00. The molecule has 2 heterocycles. The van der Waals surface area contributed by atoms with Gasteiger partial charge in [0, 0.05) is 37.7 Å². The van der Waals surface area contributed by atoms with Crippen molar-refractivity contribution in [3.05, 3.63) is 0 Å². The summed E-state index contributed by atoms with van der Waals surface area (Å²) in [7, 11) is 4.48. The van der Waals surface area contributed by atoms with Gasteiger partial charge in [-0.25, -0.2) is 0 Å². The molecule has 0 radical (unpaired) electrons. The molecule has 2 atom stereocenters. The van der Waals surface area contributed by atoms with Crippen molar-refractivity contribution in [1.29, 1.82) is 0 Å². The number of piperidine rings is 1. The summed E-state index contributed by atoms with van der Waals surface area (Å²) in [4.78, 5) is 4.97. The summed E-state index contributed by atoms with van der Waals surface area (Å²) >= 11 is 0. The first-order valence-corrected chi connectivity index (χ1v) is 7.32. The van der Waals surface area contributed by atoms with Crippen LogP contribution in [-0.4, -0.2) is 69.3 Å². The van der Waals surface area contributed by atoms with Gasteiger partial charge in [0.1, 0.15) is 0 Å². The minimum absolute atomic E-state index is 0.197. The Morgan fingerprint density at radius 2 is 2.28 bits per heavy atom. The van der Waals surface area contributed by atoms with Crippen LogP contribution < -0.4 is 5.73 Å². The molecule has 0 aliphatic carbocycles. The van der Waals surface area contributed by atoms with E-state index in [2.05, 4.69) is 23.9 Å². The largest absolute Gasteiger partial charge is 0.381 e. The van der Waals surface area contributed by atoms with Gasteiger partial charge < -0.3 is 20.3 Å². The summed E-state index contributed by atoms with van der Waals surface area (Å²) < 4.78 is 5.67. The number of likely N-dealkylation sites (N-methyl/N-ethyl adjacent to an activating group) is 2. The molecule has 2 rings (SSSR count). The third kappa shape index (κ3) is 3.44. The molecule has 0 spiro atoms. The molecular formula is C14H29N3O. The fourth-order valence-electron chi connectivity index (χ4n) is 3.42. The Kier molecular flexibility index (Phi) is 5.01. The number of nitrogens with zero attached hydrogens (tertiary/aromatic N) is 2. The van der Waals surface area contributed by atoms with Crippen molar-refractivity contribution in [3.63, 3.8) is 0 Å². The summed E-state index contributed by atoms with van der Waals surface area (Å²) in [6, 6.07) is 0.689. The second-order valence-corrected chi connectivity index (χ2v) is 6.33. The molecule has 2 unspecified atom stereocenters. The maximum absolute atomic E-state index is 6.03. The van der Waals surface area contributed by atoms with Crippen molar-refractivity contribution < 1.29 is 4.74 Å². The van der Waals surface area contributed by atoms with Crippen LogP contribution in [0, 0.1) is 5.41 Å². The Morgan fingerprint density at radius 3 is 2.89 bits per heavy atom. The van der Waals surface area contributed by atoms with Crippen LogP contribution in [0.1, 0.15) is 25.7 Å². The summed E-state index contributed by atoms with van der Waals surface area (Å²) in [5, 5.41) is 0. The first-order chi connectivity index (χ1) is 8.65. The van der Waals surface area contributed by atoms with Gasteiger partial charge in [0.05, 0.1) is 6.61 Å². The minimum Gasteiger partial charge on any atom is -0.381 e. The van der Waals surface area contributed by atoms with Crippen LogP contribution in [0.3, 0.4) is 0 Å². The molecule has 2 N–H and O–H groups in total. The number of likely N-dealkylation sites (tertiary alicyclic amines) is 1. The third-order valence-electron chi connectivity index (χ3n) is 4.64. The zero-order chi connectivity index (χ0) is 13.0. The van der Waals surface area contributed by atoms with Crippen molar-refractivity contribution >= 4 is 0 Å². The summed E-state index contributed by atoms with van der Waals surface area (Å²) in [6.07, 6.45) is 5.02. The number of hydrogen-bond donors (Lipinski definition) is 1. The van der Waals surface area contributed by atoms with Crippen molar-refractivity contribution in [3.8, 4) is 0 Å². The Morgan fingerprint density at radius 1 is 1.44 bits per heavy atom. The first kappa shape index (κ1) is 14.3. The molecule has 18 heavy (non-hydrogen) atoms. The van der Waals surface area contributed by atoms with Crippen molar-refractivity contribution in [2.45, 2.75) is 31.7 Å². The molecule has 0 saturated carbocycles. The molecule has 2 saturated heterocycles. The average molecular weight is 255 g/mol. The Bertz CT molecular complexity index is 253. The lowest BCUT2D eigenvalue weighted by Gasteiger charge is -2.43. The summed E-state index contributed by atoms with van der Waals surface area (Å²) in [5.74, 6) is 0. The highest BCUT2D eigenvalue weighted by molar-refractivity contribution is 4.88. The van der Waals surface area contributed by atoms with Crippen LogP contribution in [0.4, 0.5) is 0 Å². The first-order valence-electron chi connectivity index (χ1n) is 7.32. The summed E-state index contributed by atoms with van der Waals surface area (Å²) in [5.41, 5.74) is 6.22. The predicted molar refractivity (Wildman–Crippen MR) is 74.7 cm³/mol. The number of ether oxygens (including phenoxy) is 1. The molecule has 2 aliphatic heterocycles. The zero-order valence-corrected chi connectivity index (χ0v) is 12.0. The van der Waals surface area contributed by atoms with Crippen molar-refractivity contribution in [2.75, 3.05) is 53.5 Å². The molecule has 2 fully saturated rings. The van der Waals surface area contributed by atoms with E-state index >= 15 is 0 Å². The van der Waals surface area contributed by atoms with Gasteiger partial charge in [-0.15, -0.1) is 0 Å². The van der Waals surface area contributed by atoms with E-state index in [4.69, 9.17) is 10.5 Å². The number of hydrogen-bond acceptors (Lipinski definition) is 4. The average Bonchev–Trinajstić information content (AvgIpc) is 2.40. The Labute approximate surface area is 111 Å². The van der Waals surface area contributed by atoms with Crippen LogP contribution in [0.2, 0.25) is 0 Å². The van der Waals surface area contributed by atoms with Crippen molar-refractivity contribution in [1.82, 2.24) is 9.80 Å².